The molecule has 0 saturated carbocycles. The lowest BCUT2D eigenvalue weighted by Gasteiger charge is -2.14. The molecule has 4 nitrogen and oxygen atoms in total. The quantitative estimate of drug-likeness (QED) is 0.300. The molecule has 0 bridgehead atoms. The Morgan fingerprint density at radius 3 is 2.30 bits per heavy atom. The van der Waals surface area contributed by atoms with Crippen molar-refractivity contribution >= 4 is 34.1 Å². The van der Waals surface area contributed by atoms with Crippen LogP contribution in [-0.2, 0) is 0 Å². The van der Waals surface area contributed by atoms with E-state index in [-0.39, 0.29) is 5.91 Å². The van der Waals surface area contributed by atoms with Crippen LogP contribution in [0.3, 0.4) is 0 Å². The number of fused-ring (bicyclic) bond motifs is 1. The van der Waals surface area contributed by atoms with Crippen molar-refractivity contribution in [3.05, 3.63) is 120 Å². The van der Waals surface area contributed by atoms with Gasteiger partial charge in [0.15, 0.2) is 5.75 Å². The second-order valence-corrected chi connectivity index (χ2v) is 7.88. The van der Waals surface area contributed by atoms with Crippen molar-refractivity contribution in [1.29, 1.82) is 0 Å². The number of aromatic nitrogens is 1. The number of halogens is 1. The molecule has 0 aliphatic heterocycles. The fraction of sp³-hybridized carbons (Fsp3) is 0. The summed E-state index contributed by atoms with van der Waals surface area (Å²) in [5.74, 6) is 1.01. The molecule has 0 aliphatic carbocycles. The van der Waals surface area contributed by atoms with E-state index in [2.05, 4.69) is 5.32 Å². The molecule has 1 heterocycles. The van der Waals surface area contributed by atoms with Crippen molar-refractivity contribution in [2.75, 3.05) is 5.32 Å². The monoisotopic (exact) mass is 450 g/mol. The molecule has 0 spiro atoms. The van der Waals surface area contributed by atoms with Gasteiger partial charge in [-0.3, -0.25) is 4.79 Å². The Bertz CT molecular complexity index is 1430. The van der Waals surface area contributed by atoms with Gasteiger partial charge in [0.2, 0.25) is 0 Å². The van der Waals surface area contributed by atoms with E-state index in [0.29, 0.717) is 33.5 Å². The molecule has 1 N–H and O–H groups in total. The van der Waals surface area contributed by atoms with E-state index in [9.17, 15) is 4.79 Å². The molecule has 5 rings (SSSR count). The zero-order valence-corrected chi connectivity index (χ0v) is 18.3. The summed E-state index contributed by atoms with van der Waals surface area (Å²) in [6.45, 7) is 0. The van der Waals surface area contributed by atoms with Gasteiger partial charge in [-0.2, -0.15) is 0 Å². The van der Waals surface area contributed by atoms with Crippen molar-refractivity contribution in [2.45, 2.75) is 0 Å². The van der Waals surface area contributed by atoms with Crippen molar-refractivity contribution < 1.29 is 9.53 Å². The molecule has 0 radical (unpaired) electrons. The van der Waals surface area contributed by atoms with Crippen LogP contribution < -0.4 is 10.1 Å². The maximum Gasteiger partial charge on any atom is 0.256 e. The molecule has 0 unspecified atom stereocenters. The van der Waals surface area contributed by atoms with E-state index in [1.165, 1.54) is 0 Å². The van der Waals surface area contributed by atoms with Crippen molar-refractivity contribution in [2.24, 2.45) is 0 Å². The summed E-state index contributed by atoms with van der Waals surface area (Å²) in [4.78, 5) is 18.2. The van der Waals surface area contributed by atoms with Crippen LogP contribution in [0.5, 0.6) is 11.5 Å². The molecule has 0 atom stereocenters. The summed E-state index contributed by atoms with van der Waals surface area (Å²) in [6.07, 6.45) is 0. The van der Waals surface area contributed by atoms with Crippen molar-refractivity contribution in [1.82, 2.24) is 4.98 Å². The number of rotatable bonds is 5. The predicted molar refractivity (Wildman–Crippen MR) is 133 cm³/mol. The van der Waals surface area contributed by atoms with Crippen LogP contribution in [-0.4, -0.2) is 10.9 Å². The summed E-state index contributed by atoms with van der Waals surface area (Å²) in [5, 5.41) is 4.43. The molecule has 0 saturated heterocycles. The number of anilines is 1. The zero-order valence-electron chi connectivity index (χ0n) is 17.5. The van der Waals surface area contributed by atoms with Crippen LogP contribution in [0.2, 0.25) is 5.02 Å². The Morgan fingerprint density at radius 1 is 0.788 bits per heavy atom. The van der Waals surface area contributed by atoms with Gasteiger partial charge in [-0.1, -0.05) is 72.3 Å². The number of ether oxygens (including phenoxy) is 1. The van der Waals surface area contributed by atoms with Crippen LogP contribution in [0.1, 0.15) is 10.4 Å². The van der Waals surface area contributed by atoms with Gasteiger partial charge in [0, 0.05) is 16.0 Å². The lowest BCUT2D eigenvalue weighted by molar-refractivity contribution is 0.102. The van der Waals surface area contributed by atoms with E-state index in [1.54, 1.807) is 0 Å². The minimum atomic E-state index is -0.243. The van der Waals surface area contributed by atoms with E-state index >= 15 is 0 Å². The van der Waals surface area contributed by atoms with E-state index in [4.69, 9.17) is 21.3 Å². The molecule has 5 heteroatoms. The zero-order chi connectivity index (χ0) is 22.6. The summed E-state index contributed by atoms with van der Waals surface area (Å²) >= 11 is 6.04. The number of carbonyl (C=O) groups is 1. The highest BCUT2D eigenvalue weighted by molar-refractivity contribution is 6.30. The number of pyridine rings is 1. The molecule has 0 fully saturated rings. The number of carbonyl (C=O) groups excluding carboxylic acids is 1. The maximum atomic E-state index is 13.5. The van der Waals surface area contributed by atoms with Crippen molar-refractivity contribution in [3.63, 3.8) is 0 Å². The first-order valence-corrected chi connectivity index (χ1v) is 10.8. The van der Waals surface area contributed by atoms with Gasteiger partial charge in [-0.25, -0.2) is 4.98 Å². The lowest BCUT2D eigenvalue weighted by atomic mass is 10.0. The molecule has 160 valence electrons. The number of hydrogen-bond donors (Lipinski definition) is 1. The second-order valence-electron chi connectivity index (χ2n) is 7.44. The third-order valence-electron chi connectivity index (χ3n) is 5.21. The van der Waals surface area contributed by atoms with Gasteiger partial charge in [-0.05, 0) is 48.5 Å². The van der Waals surface area contributed by atoms with Gasteiger partial charge in [0.1, 0.15) is 5.75 Å². The maximum absolute atomic E-state index is 13.5. The molecule has 4 aromatic carbocycles. The van der Waals surface area contributed by atoms with Crippen LogP contribution in [0.4, 0.5) is 5.69 Å². The predicted octanol–water partition coefficient (Wildman–Crippen LogP) is 7.60. The van der Waals surface area contributed by atoms with Gasteiger partial charge in [0.25, 0.3) is 5.91 Å². The Hall–Kier alpha value is -4.15. The average molecular weight is 451 g/mol. The minimum Gasteiger partial charge on any atom is -0.455 e. The highest BCUT2D eigenvalue weighted by atomic mass is 35.5. The summed E-state index contributed by atoms with van der Waals surface area (Å²) in [7, 11) is 0. The van der Waals surface area contributed by atoms with Crippen LogP contribution in [0.25, 0.3) is 22.2 Å². The van der Waals surface area contributed by atoms with E-state index in [1.807, 2.05) is 109 Å². The van der Waals surface area contributed by atoms with E-state index in [0.717, 1.165) is 16.5 Å². The fourth-order valence-electron chi connectivity index (χ4n) is 3.60. The highest BCUT2D eigenvalue weighted by Gasteiger charge is 2.16. The normalized spacial score (nSPS) is 10.7. The van der Waals surface area contributed by atoms with Gasteiger partial charge >= 0.3 is 0 Å². The topological polar surface area (TPSA) is 51.2 Å². The number of para-hydroxylation sites is 4. The Kier molecular flexibility index (Phi) is 5.75. The average Bonchev–Trinajstić information content (AvgIpc) is 2.85. The largest absolute Gasteiger partial charge is 0.455 e. The smallest absolute Gasteiger partial charge is 0.256 e. The van der Waals surface area contributed by atoms with Gasteiger partial charge in [0.05, 0.1) is 22.5 Å². The van der Waals surface area contributed by atoms with E-state index < -0.39 is 0 Å². The summed E-state index contributed by atoms with van der Waals surface area (Å²) in [5.41, 5.74) is 3.43. The SMILES string of the molecule is O=C(Nc1ccccc1Oc1ccccc1)c1cc(-c2ccc(Cl)cc2)nc2ccccc12. The highest BCUT2D eigenvalue weighted by Crippen LogP contribution is 2.31. The third-order valence-corrected chi connectivity index (χ3v) is 5.46. The first-order valence-electron chi connectivity index (χ1n) is 10.5. The van der Waals surface area contributed by atoms with Gasteiger partial charge in [-0.15, -0.1) is 0 Å². The standard InChI is InChI=1S/C28H19ClN2O2/c29-20-16-14-19(15-17-20)26-18-23(22-10-4-5-11-24(22)30-26)28(32)31-25-12-6-7-13-27(25)33-21-8-2-1-3-9-21/h1-18H,(H,31,32). The first-order chi connectivity index (χ1) is 16.2. The molecule has 0 aliphatic rings. The molecular weight excluding hydrogens is 432 g/mol. The Morgan fingerprint density at radius 2 is 1.48 bits per heavy atom. The fourth-order valence-corrected chi connectivity index (χ4v) is 3.72. The van der Waals surface area contributed by atoms with Crippen LogP contribution in [0, 0.1) is 0 Å². The Balaban J connectivity index is 1.52. The lowest BCUT2D eigenvalue weighted by Crippen LogP contribution is -2.13. The number of hydrogen-bond acceptors (Lipinski definition) is 3. The van der Waals surface area contributed by atoms with Crippen LogP contribution in [0.15, 0.2) is 109 Å². The third kappa shape index (κ3) is 4.56. The van der Waals surface area contributed by atoms with Crippen LogP contribution >= 0.6 is 11.6 Å². The molecule has 5 aromatic rings. The Labute approximate surface area is 196 Å². The second kappa shape index (κ2) is 9.15. The number of benzene rings is 4. The number of nitrogens with zero attached hydrogens (tertiary/aromatic N) is 1. The molecule has 1 aromatic heterocycles. The summed E-state index contributed by atoms with van der Waals surface area (Å²) < 4.78 is 6.00. The number of amides is 1. The summed E-state index contributed by atoms with van der Waals surface area (Å²) in [6, 6.07) is 33.7. The van der Waals surface area contributed by atoms with Gasteiger partial charge < -0.3 is 10.1 Å². The first kappa shape index (κ1) is 20.7. The molecular formula is C28H19ClN2O2. The molecule has 33 heavy (non-hydrogen) atoms. The molecule has 1 amide bonds. The minimum absolute atomic E-state index is 0.243. The van der Waals surface area contributed by atoms with Crippen molar-refractivity contribution in [3.8, 4) is 22.8 Å². The number of nitrogens with one attached hydrogen (secondary N) is 1.